The monoisotopic (exact) mass is 477 g/mol. The summed E-state index contributed by atoms with van der Waals surface area (Å²) in [6.07, 6.45) is -19.1. The molecule has 0 saturated carbocycles. The number of alkyl halides is 9. The normalized spacial score (nSPS) is 13.2. The smallest absolute Gasteiger partial charge is 0.369 e. The lowest BCUT2D eigenvalue weighted by Crippen LogP contribution is -2.53. The van der Waals surface area contributed by atoms with Gasteiger partial charge < -0.3 is 10.4 Å². The molecule has 2 rings (SSSR count). The Bertz CT molecular complexity index is 948. The Morgan fingerprint density at radius 2 is 1.38 bits per heavy atom. The summed E-state index contributed by atoms with van der Waals surface area (Å²) < 4.78 is 128. The Labute approximate surface area is 173 Å². The van der Waals surface area contributed by atoms with E-state index in [9.17, 15) is 53.8 Å². The van der Waals surface area contributed by atoms with Crippen LogP contribution in [0.3, 0.4) is 0 Å². The average molecular weight is 477 g/mol. The molecule has 176 valence electrons. The minimum atomic E-state index is -6.18. The van der Waals surface area contributed by atoms with Gasteiger partial charge in [-0.1, -0.05) is 24.3 Å². The molecule has 0 fully saturated rings. The van der Waals surface area contributed by atoms with Crippen LogP contribution in [0.15, 0.2) is 42.5 Å². The Hall–Kier alpha value is -2.83. The van der Waals surface area contributed by atoms with Gasteiger partial charge in [-0.3, -0.25) is 4.79 Å². The Morgan fingerprint density at radius 1 is 0.844 bits per heavy atom. The van der Waals surface area contributed by atoms with E-state index >= 15 is 0 Å². The van der Waals surface area contributed by atoms with Gasteiger partial charge in [0.1, 0.15) is 5.82 Å². The lowest BCUT2D eigenvalue weighted by molar-refractivity contribution is -0.376. The van der Waals surface area contributed by atoms with Crippen molar-refractivity contribution in [2.45, 2.75) is 37.0 Å². The molecule has 0 aliphatic heterocycles. The van der Waals surface area contributed by atoms with Crippen LogP contribution in [0.25, 0.3) is 11.1 Å². The van der Waals surface area contributed by atoms with Crippen molar-refractivity contribution in [2.75, 3.05) is 5.32 Å². The molecule has 1 amide bonds. The van der Waals surface area contributed by atoms with Crippen molar-refractivity contribution < 1.29 is 53.8 Å². The zero-order chi connectivity index (χ0) is 24.5. The molecule has 0 aliphatic rings. The minimum absolute atomic E-state index is 0.0232. The number of hydrogen-bond acceptors (Lipinski definition) is 2. The molecule has 2 N–H and O–H groups in total. The maximum Gasteiger partial charge on any atom is 0.430 e. The second kappa shape index (κ2) is 8.60. The molecule has 2 aromatic carbocycles. The molecule has 32 heavy (non-hydrogen) atoms. The highest BCUT2D eigenvalue weighted by Gasteiger charge is 2.71. The topological polar surface area (TPSA) is 49.3 Å². The Morgan fingerprint density at radius 3 is 1.81 bits per heavy atom. The summed E-state index contributed by atoms with van der Waals surface area (Å²) in [5, 5.41) is 11.5. The van der Waals surface area contributed by atoms with Crippen molar-refractivity contribution in [3.8, 4) is 11.1 Å². The van der Waals surface area contributed by atoms with Gasteiger partial charge in [-0.25, -0.2) is 4.39 Å². The summed E-state index contributed by atoms with van der Waals surface area (Å²) in [4.78, 5) is 11.5. The number of carbonyl (C=O) groups is 1. The van der Waals surface area contributed by atoms with Gasteiger partial charge in [0.15, 0.2) is 0 Å². The molecule has 13 heteroatoms. The predicted octanol–water partition coefficient (Wildman–Crippen LogP) is 6.09. The van der Waals surface area contributed by atoms with Crippen LogP contribution in [0.5, 0.6) is 0 Å². The molecular formula is C19H13F10NO2. The van der Waals surface area contributed by atoms with E-state index in [4.69, 9.17) is 0 Å². The maximum absolute atomic E-state index is 14.3. The number of benzene rings is 2. The van der Waals surface area contributed by atoms with Gasteiger partial charge in [0.05, 0.1) is 6.42 Å². The third kappa shape index (κ3) is 5.50. The van der Waals surface area contributed by atoms with E-state index in [2.05, 4.69) is 5.32 Å². The van der Waals surface area contributed by atoms with Crippen molar-refractivity contribution in [3.05, 3.63) is 53.8 Å². The Balaban J connectivity index is 2.26. The standard InChI is InChI=1S/C19H13F10NO2/c20-14-9-11(17(32,18(24,25)26)19(27,28)29)3-6-13(14)10-1-4-12(5-2-10)30-15(31)7-8-16(21,22)23/h1-6,9,32H,7-8H2,(H,30,31). The van der Waals surface area contributed by atoms with E-state index in [1.54, 1.807) is 0 Å². The molecular weight excluding hydrogens is 464 g/mol. The van der Waals surface area contributed by atoms with E-state index in [-0.39, 0.29) is 23.4 Å². The van der Waals surface area contributed by atoms with Crippen LogP contribution in [0, 0.1) is 5.82 Å². The van der Waals surface area contributed by atoms with Crippen LogP contribution in [-0.2, 0) is 10.4 Å². The van der Waals surface area contributed by atoms with Gasteiger partial charge in [0, 0.05) is 23.2 Å². The summed E-state index contributed by atoms with van der Waals surface area (Å²) in [7, 11) is 0. The van der Waals surface area contributed by atoms with Crippen LogP contribution in [0.2, 0.25) is 0 Å². The first-order chi connectivity index (χ1) is 14.5. The van der Waals surface area contributed by atoms with Gasteiger partial charge in [-0.2, -0.15) is 39.5 Å². The van der Waals surface area contributed by atoms with E-state index in [1.807, 2.05) is 0 Å². The molecule has 0 unspecified atom stereocenters. The van der Waals surface area contributed by atoms with Gasteiger partial charge in [-0.15, -0.1) is 0 Å². The molecule has 0 spiro atoms. The lowest BCUT2D eigenvalue weighted by atomic mass is 9.90. The fourth-order valence-corrected chi connectivity index (χ4v) is 2.67. The van der Waals surface area contributed by atoms with Crippen LogP contribution >= 0.6 is 0 Å². The van der Waals surface area contributed by atoms with Gasteiger partial charge >= 0.3 is 18.5 Å². The summed E-state index contributed by atoms with van der Waals surface area (Å²) in [6.45, 7) is 0. The zero-order valence-electron chi connectivity index (χ0n) is 15.6. The van der Waals surface area contributed by atoms with E-state index in [0.717, 1.165) is 24.3 Å². The maximum atomic E-state index is 14.3. The molecule has 0 aliphatic carbocycles. The van der Waals surface area contributed by atoms with Crippen LogP contribution in [0.4, 0.5) is 49.6 Å². The van der Waals surface area contributed by atoms with Gasteiger partial charge in [0.2, 0.25) is 5.91 Å². The van der Waals surface area contributed by atoms with Crippen molar-refractivity contribution in [2.24, 2.45) is 0 Å². The molecule has 0 aromatic heterocycles. The van der Waals surface area contributed by atoms with Crippen molar-refractivity contribution in [1.82, 2.24) is 0 Å². The summed E-state index contributed by atoms with van der Waals surface area (Å²) in [5.74, 6) is -2.46. The van der Waals surface area contributed by atoms with Crippen LogP contribution in [-0.4, -0.2) is 29.5 Å². The van der Waals surface area contributed by atoms with E-state index in [1.165, 1.54) is 0 Å². The SMILES string of the molecule is O=C(CCC(F)(F)F)Nc1ccc(-c2ccc(C(O)(C(F)(F)F)C(F)(F)F)cc2F)cc1. The molecule has 0 heterocycles. The molecule has 0 saturated heterocycles. The second-order valence-corrected chi connectivity index (χ2v) is 6.64. The number of carbonyl (C=O) groups excluding carboxylic acids is 1. The molecule has 0 bridgehead atoms. The Kier molecular flexibility index (Phi) is 6.84. The highest BCUT2D eigenvalue weighted by Crippen LogP contribution is 2.50. The highest BCUT2D eigenvalue weighted by molar-refractivity contribution is 5.91. The molecule has 0 atom stereocenters. The predicted molar refractivity (Wildman–Crippen MR) is 91.8 cm³/mol. The fraction of sp³-hybridized carbons (Fsp3) is 0.316. The number of amides is 1. The van der Waals surface area contributed by atoms with Crippen LogP contribution < -0.4 is 5.32 Å². The minimum Gasteiger partial charge on any atom is -0.369 e. The molecule has 2 aromatic rings. The van der Waals surface area contributed by atoms with Gasteiger partial charge in [-0.05, 0) is 23.8 Å². The summed E-state index contributed by atoms with van der Waals surface area (Å²) >= 11 is 0. The van der Waals surface area contributed by atoms with Crippen molar-refractivity contribution in [1.29, 1.82) is 0 Å². The second-order valence-electron chi connectivity index (χ2n) is 6.64. The van der Waals surface area contributed by atoms with Gasteiger partial charge in [0.25, 0.3) is 5.60 Å². The highest BCUT2D eigenvalue weighted by atomic mass is 19.4. The largest absolute Gasteiger partial charge is 0.430 e. The quantitative estimate of drug-likeness (QED) is 0.513. The number of anilines is 1. The number of nitrogens with one attached hydrogen (secondary N) is 1. The van der Waals surface area contributed by atoms with Crippen molar-refractivity contribution in [3.63, 3.8) is 0 Å². The van der Waals surface area contributed by atoms with E-state index < -0.39 is 59.8 Å². The van der Waals surface area contributed by atoms with E-state index in [0.29, 0.717) is 6.07 Å². The number of aliphatic hydroxyl groups is 1. The third-order valence-corrected chi connectivity index (χ3v) is 4.32. The zero-order valence-corrected chi connectivity index (χ0v) is 15.6. The average Bonchev–Trinajstić information content (AvgIpc) is 2.64. The number of rotatable bonds is 5. The third-order valence-electron chi connectivity index (χ3n) is 4.32. The number of halogens is 10. The first kappa shape index (κ1) is 25.4. The fourth-order valence-electron chi connectivity index (χ4n) is 2.67. The summed E-state index contributed by atoms with van der Waals surface area (Å²) in [6, 6.07) is 5.35. The first-order valence-corrected chi connectivity index (χ1v) is 8.58. The number of hydrogen-bond donors (Lipinski definition) is 2. The molecule has 0 radical (unpaired) electrons. The first-order valence-electron chi connectivity index (χ1n) is 8.58. The summed E-state index contributed by atoms with van der Waals surface area (Å²) in [5.41, 5.74) is -7.47. The van der Waals surface area contributed by atoms with Crippen molar-refractivity contribution >= 4 is 11.6 Å². The van der Waals surface area contributed by atoms with Crippen LogP contribution in [0.1, 0.15) is 18.4 Å². The lowest BCUT2D eigenvalue weighted by Gasteiger charge is -2.32. The molecule has 3 nitrogen and oxygen atoms in total.